The molecule has 2 rings (SSSR count). The number of hydrogen-bond acceptors (Lipinski definition) is 3. The van der Waals surface area contributed by atoms with Crippen LogP contribution in [0.25, 0.3) is 0 Å². The predicted molar refractivity (Wildman–Crippen MR) is 114 cm³/mol. The lowest BCUT2D eigenvalue weighted by molar-refractivity contribution is -0.132. The second-order valence-electron chi connectivity index (χ2n) is 7.57. The first-order valence-electron chi connectivity index (χ1n) is 9.37. The third-order valence-corrected chi connectivity index (χ3v) is 5.46. The van der Waals surface area contributed by atoms with Gasteiger partial charge in [-0.25, -0.2) is 0 Å². The van der Waals surface area contributed by atoms with Crippen molar-refractivity contribution in [2.45, 2.75) is 39.5 Å². The minimum Gasteiger partial charge on any atom is -0.340 e. The van der Waals surface area contributed by atoms with Crippen LogP contribution in [0.4, 0.5) is 0 Å². The molecule has 4 nitrogen and oxygen atoms in total. The highest BCUT2D eigenvalue weighted by Crippen LogP contribution is 2.27. The molecule has 0 saturated heterocycles. The zero-order valence-corrected chi connectivity index (χ0v) is 17.4. The number of aryl methyl sites for hydroxylation is 1. The van der Waals surface area contributed by atoms with Crippen LogP contribution >= 0.6 is 11.6 Å². The van der Waals surface area contributed by atoms with E-state index in [2.05, 4.69) is 13.0 Å². The van der Waals surface area contributed by atoms with E-state index in [1.54, 1.807) is 11.9 Å². The van der Waals surface area contributed by atoms with Crippen LogP contribution in [0.5, 0.6) is 0 Å². The largest absolute Gasteiger partial charge is 0.340 e. The summed E-state index contributed by atoms with van der Waals surface area (Å²) in [5.41, 5.74) is 10.6. The third-order valence-electron chi connectivity index (χ3n) is 5.06. The molecule has 0 heterocycles. The van der Waals surface area contributed by atoms with Crippen LogP contribution in [0.3, 0.4) is 0 Å². The van der Waals surface area contributed by atoms with Crippen LogP contribution < -0.4 is 5.73 Å². The highest BCUT2D eigenvalue weighted by atomic mass is 35.5. The first kappa shape index (κ1) is 21.4. The van der Waals surface area contributed by atoms with Crippen molar-refractivity contribution in [2.75, 3.05) is 20.1 Å². The van der Waals surface area contributed by atoms with Gasteiger partial charge < -0.3 is 16.0 Å². The fourth-order valence-corrected chi connectivity index (χ4v) is 3.83. The Kier molecular flexibility index (Phi) is 7.40. The van der Waals surface area contributed by atoms with Gasteiger partial charge in [0.2, 0.25) is 5.91 Å². The molecule has 2 atom stereocenters. The van der Waals surface area contributed by atoms with Crippen molar-refractivity contribution in [1.82, 2.24) is 4.90 Å². The standard InChI is InChI=1S/C22H30ClN3O/c1-14-9-15(2)11-18(10-14)22(27)26(4)13-21(25)19(7-8-24)17-6-5-16(3)20(23)12-17/h5-6,9-10,12,18-19,25H,7-8,11,13,24H2,1-4H3. The van der Waals surface area contributed by atoms with Crippen molar-refractivity contribution >= 4 is 23.2 Å². The van der Waals surface area contributed by atoms with Gasteiger partial charge in [0.25, 0.3) is 0 Å². The third kappa shape index (κ3) is 5.53. The first-order valence-corrected chi connectivity index (χ1v) is 9.74. The molecule has 1 aliphatic rings. The van der Waals surface area contributed by atoms with Crippen molar-refractivity contribution in [3.8, 4) is 0 Å². The Labute approximate surface area is 167 Å². The number of carbonyl (C=O) groups is 1. The normalized spacial score (nSPS) is 17.8. The average molecular weight is 388 g/mol. The van der Waals surface area contributed by atoms with E-state index >= 15 is 0 Å². The number of nitrogens with zero attached hydrogens (tertiary/aromatic N) is 1. The molecule has 0 aliphatic heterocycles. The molecule has 3 N–H and O–H groups in total. The number of allylic oxidation sites excluding steroid dienone is 3. The summed E-state index contributed by atoms with van der Waals surface area (Å²) in [6, 6.07) is 5.88. The summed E-state index contributed by atoms with van der Waals surface area (Å²) in [5.74, 6) is -0.219. The molecule has 1 aliphatic carbocycles. The van der Waals surface area contributed by atoms with Crippen LogP contribution in [-0.2, 0) is 4.79 Å². The molecule has 0 radical (unpaired) electrons. The molecule has 5 heteroatoms. The summed E-state index contributed by atoms with van der Waals surface area (Å²) < 4.78 is 0. The van der Waals surface area contributed by atoms with E-state index < -0.39 is 0 Å². The van der Waals surface area contributed by atoms with Crippen LogP contribution in [0.2, 0.25) is 5.02 Å². The maximum atomic E-state index is 12.9. The van der Waals surface area contributed by atoms with E-state index in [1.165, 1.54) is 5.57 Å². The van der Waals surface area contributed by atoms with Crippen molar-refractivity contribution in [3.05, 3.63) is 57.6 Å². The number of nitrogens with one attached hydrogen (secondary N) is 1. The Bertz CT molecular complexity index is 782. The quantitative estimate of drug-likeness (QED) is 0.677. The number of benzene rings is 1. The number of carbonyl (C=O) groups excluding carboxylic acids is 1. The molecule has 0 fully saturated rings. The van der Waals surface area contributed by atoms with E-state index in [0.717, 1.165) is 23.1 Å². The Hall–Kier alpha value is -1.91. The number of halogens is 1. The van der Waals surface area contributed by atoms with E-state index in [0.29, 0.717) is 30.2 Å². The van der Waals surface area contributed by atoms with Gasteiger partial charge in [0.1, 0.15) is 0 Å². The topological polar surface area (TPSA) is 70.2 Å². The first-order chi connectivity index (χ1) is 12.7. The van der Waals surface area contributed by atoms with Crippen molar-refractivity contribution in [3.63, 3.8) is 0 Å². The number of rotatable bonds is 7. The summed E-state index contributed by atoms with van der Waals surface area (Å²) >= 11 is 6.27. The lowest BCUT2D eigenvalue weighted by Gasteiger charge is -2.27. The monoisotopic (exact) mass is 387 g/mol. The van der Waals surface area contributed by atoms with Gasteiger partial charge in [-0.15, -0.1) is 0 Å². The molecule has 0 bridgehead atoms. The van der Waals surface area contributed by atoms with E-state index in [-0.39, 0.29) is 17.7 Å². The molecule has 0 saturated carbocycles. The molecule has 1 amide bonds. The number of hydrogen-bond donors (Lipinski definition) is 2. The second-order valence-corrected chi connectivity index (χ2v) is 7.98. The van der Waals surface area contributed by atoms with Gasteiger partial charge in [0.05, 0.1) is 12.5 Å². The van der Waals surface area contributed by atoms with E-state index in [4.69, 9.17) is 22.7 Å². The van der Waals surface area contributed by atoms with Crippen molar-refractivity contribution in [2.24, 2.45) is 11.7 Å². The van der Waals surface area contributed by atoms with Gasteiger partial charge in [-0.2, -0.15) is 0 Å². The zero-order chi connectivity index (χ0) is 20.1. The van der Waals surface area contributed by atoms with Crippen LogP contribution in [-0.4, -0.2) is 36.7 Å². The van der Waals surface area contributed by atoms with Gasteiger partial charge in [0.15, 0.2) is 0 Å². The van der Waals surface area contributed by atoms with Crippen molar-refractivity contribution in [1.29, 1.82) is 5.41 Å². The Morgan fingerprint density at radius 2 is 2.07 bits per heavy atom. The van der Waals surface area contributed by atoms with Crippen LogP contribution in [0.1, 0.15) is 43.7 Å². The summed E-state index contributed by atoms with van der Waals surface area (Å²) in [6.07, 6.45) is 5.54. The summed E-state index contributed by atoms with van der Waals surface area (Å²) in [6.45, 7) is 6.80. The fraction of sp³-hybridized carbons (Fsp3) is 0.455. The van der Waals surface area contributed by atoms with Crippen LogP contribution in [0, 0.1) is 18.3 Å². The fourth-order valence-electron chi connectivity index (χ4n) is 3.64. The zero-order valence-electron chi connectivity index (χ0n) is 16.7. The molecule has 0 aromatic heterocycles. The lowest BCUT2D eigenvalue weighted by atomic mass is 9.89. The summed E-state index contributed by atoms with van der Waals surface area (Å²) in [5, 5.41) is 9.30. The van der Waals surface area contributed by atoms with Gasteiger partial charge in [-0.05, 0) is 57.4 Å². The second kappa shape index (κ2) is 9.34. The Morgan fingerprint density at radius 1 is 1.37 bits per heavy atom. The van der Waals surface area contributed by atoms with E-state index in [1.807, 2.05) is 38.1 Å². The summed E-state index contributed by atoms with van der Waals surface area (Å²) in [7, 11) is 1.77. The Morgan fingerprint density at radius 3 is 2.67 bits per heavy atom. The molecule has 1 aromatic carbocycles. The maximum absolute atomic E-state index is 12.9. The molecule has 27 heavy (non-hydrogen) atoms. The molecule has 146 valence electrons. The minimum absolute atomic E-state index is 0.0555. The SMILES string of the molecule is CC1=CC(C(=O)N(C)CC(=N)C(CCN)c2ccc(C)c(Cl)c2)CC(C)=C1. The minimum atomic E-state index is -0.144. The van der Waals surface area contributed by atoms with Gasteiger partial charge in [-0.1, -0.05) is 47.0 Å². The highest BCUT2D eigenvalue weighted by molar-refractivity contribution is 6.31. The van der Waals surface area contributed by atoms with Crippen LogP contribution in [0.15, 0.2) is 41.5 Å². The molecular weight excluding hydrogens is 358 g/mol. The van der Waals surface area contributed by atoms with Gasteiger partial charge in [0, 0.05) is 23.7 Å². The molecule has 2 unspecified atom stereocenters. The number of amides is 1. The molecular formula is C22H30ClN3O. The summed E-state index contributed by atoms with van der Waals surface area (Å²) in [4.78, 5) is 14.5. The number of nitrogens with two attached hydrogens (primary N) is 1. The predicted octanol–water partition coefficient (Wildman–Crippen LogP) is 4.47. The lowest BCUT2D eigenvalue weighted by Crippen LogP contribution is -2.38. The smallest absolute Gasteiger partial charge is 0.229 e. The Balaban J connectivity index is 2.11. The van der Waals surface area contributed by atoms with Gasteiger partial charge in [-0.3, -0.25) is 4.79 Å². The van der Waals surface area contributed by atoms with Gasteiger partial charge >= 0.3 is 0 Å². The molecule has 1 aromatic rings. The molecule has 0 spiro atoms. The van der Waals surface area contributed by atoms with E-state index in [9.17, 15) is 4.79 Å². The maximum Gasteiger partial charge on any atom is 0.229 e. The van der Waals surface area contributed by atoms with Crippen molar-refractivity contribution < 1.29 is 4.79 Å². The highest BCUT2D eigenvalue weighted by Gasteiger charge is 2.25. The average Bonchev–Trinajstić information content (AvgIpc) is 2.60.